The lowest BCUT2D eigenvalue weighted by Gasteiger charge is -2.02. The number of hydrogen-bond donors (Lipinski definition) is 1. The van der Waals surface area contributed by atoms with Crippen molar-refractivity contribution in [2.75, 3.05) is 0 Å². The maximum Gasteiger partial charge on any atom is 0.325 e. The van der Waals surface area contributed by atoms with E-state index in [9.17, 15) is 4.79 Å². The highest BCUT2D eigenvalue weighted by Crippen LogP contribution is 2.12. The molecule has 0 aliphatic heterocycles. The fourth-order valence-corrected chi connectivity index (χ4v) is 1.91. The zero-order valence-corrected chi connectivity index (χ0v) is 9.70. The van der Waals surface area contributed by atoms with Gasteiger partial charge in [-0.15, -0.1) is 0 Å². The van der Waals surface area contributed by atoms with E-state index < -0.39 is 0 Å². The van der Waals surface area contributed by atoms with Crippen LogP contribution < -0.4 is 5.69 Å². The zero-order valence-electron chi connectivity index (χ0n) is 8.11. The number of aromatic nitrogens is 2. The molecule has 0 saturated heterocycles. The van der Waals surface area contributed by atoms with Gasteiger partial charge >= 0.3 is 5.69 Å². The molecule has 1 N–H and O–H groups in total. The largest absolute Gasteiger partial charge is 0.325 e. The van der Waals surface area contributed by atoms with Gasteiger partial charge < -0.3 is 4.98 Å². The van der Waals surface area contributed by atoms with Gasteiger partial charge in [0.2, 0.25) is 0 Å². The lowest BCUT2D eigenvalue weighted by Crippen LogP contribution is -2.17. The fourth-order valence-electron chi connectivity index (χ4n) is 1.47. The number of imidazole rings is 1. The zero-order chi connectivity index (χ0) is 10.7. The summed E-state index contributed by atoms with van der Waals surface area (Å²) in [5.41, 5.74) is 1.17. The summed E-state index contributed by atoms with van der Waals surface area (Å²) in [5, 5.41) is 0. The Kier molecular flexibility index (Phi) is 3.06. The van der Waals surface area contributed by atoms with Crippen molar-refractivity contribution in [3.05, 3.63) is 57.2 Å². The molecule has 2 aromatic rings. The van der Waals surface area contributed by atoms with E-state index in [-0.39, 0.29) is 5.69 Å². The van der Waals surface area contributed by atoms with Crippen LogP contribution in [0.1, 0.15) is 5.56 Å². The summed E-state index contributed by atoms with van der Waals surface area (Å²) in [6.45, 7) is 0.707. The van der Waals surface area contributed by atoms with Crippen LogP contribution in [0.5, 0.6) is 0 Å². The van der Waals surface area contributed by atoms with Crippen LogP contribution >= 0.6 is 15.9 Å². The fraction of sp³-hybridized carbons (Fsp3) is 0.182. The minimum absolute atomic E-state index is 0.0509. The number of aryl methyl sites for hydroxylation is 2. The van der Waals surface area contributed by atoms with Crippen LogP contribution in [0.2, 0.25) is 0 Å². The molecule has 0 spiro atoms. The van der Waals surface area contributed by atoms with Crippen LogP contribution in [0.15, 0.2) is 45.9 Å². The van der Waals surface area contributed by atoms with Gasteiger partial charge in [-0.1, -0.05) is 28.1 Å². The second-order valence-corrected chi connectivity index (χ2v) is 4.25. The molecule has 0 fully saturated rings. The molecule has 0 atom stereocenters. The Morgan fingerprint density at radius 2 is 2.27 bits per heavy atom. The average molecular weight is 267 g/mol. The van der Waals surface area contributed by atoms with Gasteiger partial charge in [0.25, 0.3) is 0 Å². The van der Waals surface area contributed by atoms with E-state index in [2.05, 4.69) is 33.0 Å². The summed E-state index contributed by atoms with van der Waals surface area (Å²) >= 11 is 3.42. The Balaban J connectivity index is 2.05. The van der Waals surface area contributed by atoms with Gasteiger partial charge in [0, 0.05) is 23.4 Å². The van der Waals surface area contributed by atoms with E-state index in [1.807, 2.05) is 12.1 Å². The number of benzene rings is 1. The third-order valence-corrected chi connectivity index (χ3v) is 2.75. The lowest BCUT2D eigenvalue weighted by atomic mass is 10.1. The van der Waals surface area contributed by atoms with Crippen LogP contribution in [0, 0.1) is 0 Å². The maximum atomic E-state index is 11.2. The SMILES string of the molecule is O=c1[nH]ccn1CCc1cccc(Br)c1. The molecule has 0 aliphatic carbocycles. The molecule has 15 heavy (non-hydrogen) atoms. The van der Waals surface area contributed by atoms with Crippen molar-refractivity contribution in [2.45, 2.75) is 13.0 Å². The molecular weight excluding hydrogens is 256 g/mol. The van der Waals surface area contributed by atoms with E-state index in [0.717, 1.165) is 10.9 Å². The van der Waals surface area contributed by atoms with E-state index in [0.29, 0.717) is 6.54 Å². The third-order valence-electron chi connectivity index (χ3n) is 2.25. The predicted octanol–water partition coefficient (Wildman–Crippen LogP) is 2.18. The molecule has 0 bridgehead atoms. The lowest BCUT2D eigenvalue weighted by molar-refractivity contribution is 0.671. The Morgan fingerprint density at radius 3 is 2.93 bits per heavy atom. The predicted molar refractivity (Wildman–Crippen MR) is 62.9 cm³/mol. The summed E-state index contributed by atoms with van der Waals surface area (Å²) in [6.07, 6.45) is 4.28. The Hall–Kier alpha value is -1.29. The molecule has 1 heterocycles. The number of rotatable bonds is 3. The summed E-state index contributed by atoms with van der Waals surface area (Å²) in [6, 6.07) is 8.12. The summed E-state index contributed by atoms with van der Waals surface area (Å²) in [4.78, 5) is 13.8. The molecule has 0 radical (unpaired) electrons. The van der Waals surface area contributed by atoms with Gasteiger partial charge in [-0.3, -0.25) is 4.57 Å². The van der Waals surface area contributed by atoms with Crippen LogP contribution in [0.3, 0.4) is 0 Å². The Bertz CT molecular complexity index is 501. The summed E-state index contributed by atoms with van der Waals surface area (Å²) < 4.78 is 2.74. The first-order valence-corrected chi connectivity index (χ1v) is 5.53. The second-order valence-electron chi connectivity index (χ2n) is 3.34. The number of aromatic amines is 1. The smallest absolute Gasteiger partial charge is 0.313 e. The molecule has 0 amide bonds. The van der Waals surface area contributed by atoms with Crippen molar-refractivity contribution in [3.63, 3.8) is 0 Å². The first kappa shape index (κ1) is 10.2. The number of nitrogens with one attached hydrogen (secondary N) is 1. The average Bonchev–Trinajstić information content (AvgIpc) is 2.61. The van der Waals surface area contributed by atoms with E-state index in [1.165, 1.54) is 5.56 Å². The highest BCUT2D eigenvalue weighted by atomic mass is 79.9. The monoisotopic (exact) mass is 266 g/mol. The molecule has 4 heteroatoms. The number of nitrogens with zero attached hydrogens (tertiary/aromatic N) is 1. The molecular formula is C11H11BrN2O. The van der Waals surface area contributed by atoms with Crippen LogP contribution in [-0.2, 0) is 13.0 Å². The first-order valence-electron chi connectivity index (χ1n) is 4.74. The highest BCUT2D eigenvalue weighted by Gasteiger charge is 1.97. The second kappa shape index (κ2) is 4.49. The first-order chi connectivity index (χ1) is 7.25. The van der Waals surface area contributed by atoms with Gasteiger partial charge in [-0.25, -0.2) is 4.79 Å². The standard InChI is InChI=1S/C11H11BrN2O/c12-10-3-1-2-9(8-10)4-6-14-7-5-13-11(14)15/h1-3,5,7-8H,4,6H2,(H,13,15). The van der Waals surface area contributed by atoms with Crippen LogP contribution in [-0.4, -0.2) is 9.55 Å². The molecule has 1 aromatic heterocycles. The van der Waals surface area contributed by atoms with Gasteiger partial charge in [0.1, 0.15) is 0 Å². The molecule has 78 valence electrons. The van der Waals surface area contributed by atoms with Crippen molar-refractivity contribution in [1.82, 2.24) is 9.55 Å². The number of halogens is 1. The maximum absolute atomic E-state index is 11.2. The van der Waals surface area contributed by atoms with Crippen molar-refractivity contribution in [1.29, 1.82) is 0 Å². The van der Waals surface area contributed by atoms with Crippen LogP contribution in [0.25, 0.3) is 0 Å². The van der Waals surface area contributed by atoms with Gasteiger partial charge in [-0.05, 0) is 24.1 Å². The van der Waals surface area contributed by atoms with E-state index in [4.69, 9.17) is 0 Å². The van der Waals surface area contributed by atoms with Crippen molar-refractivity contribution in [3.8, 4) is 0 Å². The summed E-state index contributed by atoms with van der Waals surface area (Å²) in [7, 11) is 0. The van der Waals surface area contributed by atoms with E-state index >= 15 is 0 Å². The molecule has 3 nitrogen and oxygen atoms in total. The normalized spacial score (nSPS) is 10.5. The Morgan fingerprint density at radius 1 is 1.40 bits per heavy atom. The Labute approximate surface area is 95.9 Å². The molecule has 0 aliphatic rings. The minimum Gasteiger partial charge on any atom is -0.313 e. The van der Waals surface area contributed by atoms with Crippen molar-refractivity contribution >= 4 is 15.9 Å². The topological polar surface area (TPSA) is 37.8 Å². The molecule has 1 aromatic carbocycles. The number of hydrogen-bond acceptors (Lipinski definition) is 1. The van der Waals surface area contributed by atoms with Gasteiger partial charge in [0.15, 0.2) is 0 Å². The molecule has 0 saturated carbocycles. The quantitative estimate of drug-likeness (QED) is 0.909. The van der Waals surface area contributed by atoms with Crippen LogP contribution in [0.4, 0.5) is 0 Å². The van der Waals surface area contributed by atoms with Gasteiger partial charge in [-0.2, -0.15) is 0 Å². The minimum atomic E-state index is -0.0509. The van der Waals surface area contributed by atoms with Crippen molar-refractivity contribution < 1.29 is 0 Å². The number of H-pyrrole nitrogens is 1. The molecule has 0 unspecified atom stereocenters. The highest BCUT2D eigenvalue weighted by molar-refractivity contribution is 9.10. The van der Waals surface area contributed by atoms with E-state index in [1.54, 1.807) is 17.0 Å². The molecule has 2 rings (SSSR count). The van der Waals surface area contributed by atoms with Crippen molar-refractivity contribution in [2.24, 2.45) is 0 Å². The third kappa shape index (κ3) is 2.59. The van der Waals surface area contributed by atoms with Gasteiger partial charge in [0.05, 0.1) is 0 Å². The summed E-state index contributed by atoms with van der Waals surface area (Å²) in [5.74, 6) is 0.